The average molecular weight is 173 g/mol. The van der Waals surface area contributed by atoms with Gasteiger partial charge < -0.3 is 4.42 Å². The number of ketones is 1. The van der Waals surface area contributed by atoms with Crippen LogP contribution in [-0.4, -0.2) is 5.78 Å². The Bertz CT molecular complexity index is 263. The highest BCUT2D eigenvalue weighted by Gasteiger charge is 2.13. The SMILES string of the molecule is CC(C)C(=O)c1ccc(Cl)o1. The Morgan fingerprint density at radius 3 is 2.55 bits per heavy atom. The van der Waals surface area contributed by atoms with Gasteiger partial charge in [0.1, 0.15) is 0 Å². The monoisotopic (exact) mass is 172 g/mol. The largest absolute Gasteiger partial charge is 0.442 e. The Morgan fingerprint density at radius 1 is 1.55 bits per heavy atom. The molecule has 1 aromatic heterocycles. The van der Waals surface area contributed by atoms with Crippen LogP contribution < -0.4 is 0 Å². The molecule has 60 valence electrons. The van der Waals surface area contributed by atoms with Crippen LogP contribution in [-0.2, 0) is 0 Å². The topological polar surface area (TPSA) is 30.2 Å². The molecule has 0 aromatic carbocycles. The summed E-state index contributed by atoms with van der Waals surface area (Å²) < 4.78 is 4.92. The molecule has 11 heavy (non-hydrogen) atoms. The highest BCUT2D eigenvalue weighted by atomic mass is 35.5. The van der Waals surface area contributed by atoms with Crippen LogP contribution in [0.2, 0.25) is 5.22 Å². The summed E-state index contributed by atoms with van der Waals surface area (Å²) in [6.07, 6.45) is 0. The van der Waals surface area contributed by atoms with Crippen molar-refractivity contribution in [2.45, 2.75) is 13.8 Å². The lowest BCUT2D eigenvalue weighted by Gasteiger charge is -1.97. The second-order valence-corrected chi connectivity index (χ2v) is 3.00. The predicted octanol–water partition coefficient (Wildman–Crippen LogP) is 2.77. The first-order valence-corrected chi connectivity index (χ1v) is 3.78. The Labute approximate surface area is 70.2 Å². The molecule has 0 aliphatic carbocycles. The average Bonchev–Trinajstić information content (AvgIpc) is 2.34. The fourth-order valence-corrected chi connectivity index (χ4v) is 0.877. The normalized spacial score (nSPS) is 10.5. The number of halogens is 1. The number of hydrogen-bond donors (Lipinski definition) is 0. The van der Waals surface area contributed by atoms with E-state index in [1.165, 1.54) is 0 Å². The second kappa shape index (κ2) is 3.09. The number of carbonyl (C=O) groups excluding carboxylic acids is 1. The molecular formula is C8H9ClO2. The van der Waals surface area contributed by atoms with Gasteiger partial charge in [0, 0.05) is 5.92 Å². The van der Waals surface area contributed by atoms with Gasteiger partial charge in [-0.25, -0.2) is 0 Å². The maximum absolute atomic E-state index is 11.2. The van der Waals surface area contributed by atoms with Crippen LogP contribution in [0.25, 0.3) is 0 Å². The van der Waals surface area contributed by atoms with Crippen LogP contribution in [0, 0.1) is 5.92 Å². The zero-order valence-corrected chi connectivity index (χ0v) is 7.18. The van der Waals surface area contributed by atoms with Crippen molar-refractivity contribution >= 4 is 17.4 Å². The summed E-state index contributed by atoms with van der Waals surface area (Å²) in [7, 11) is 0. The summed E-state index contributed by atoms with van der Waals surface area (Å²) in [6, 6.07) is 3.15. The van der Waals surface area contributed by atoms with Gasteiger partial charge in [0.15, 0.2) is 11.0 Å². The maximum Gasteiger partial charge on any atom is 0.200 e. The van der Waals surface area contributed by atoms with Crippen LogP contribution in [0.15, 0.2) is 16.5 Å². The molecule has 0 spiro atoms. The van der Waals surface area contributed by atoms with Crippen molar-refractivity contribution in [3.63, 3.8) is 0 Å². The van der Waals surface area contributed by atoms with Gasteiger partial charge >= 0.3 is 0 Å². The number of hydrogen-bond acceptors (Lipinski definition) is 2. The van der Waals surface area contributed by atoms with Gasteiger partial charge in [-0.3, -0.25) is 4.79 Å². The van der Waals surface area contributed by atoms with Gasteiger partial charge in [-0.2, -0.15) is 0 Å². The van der Waals surface area contributed by atoms with E-state index >= 15 is 0 Å². The molecule has 2 nitrogen and oxygen atoms in total. The van der Waals surface area contributed by atoms with E-state index in [1.807, 2.05) is 13.8 Å². The molecule has 0 amide bonds. The molecule has 1 rings (SSSR count). The Balaban J connectivity index is 2.85. The lowest BCUT2D eigenvalue weighted by Crippen LogP contribution is -2.05. The van der Waals surface area contributed by atoms with Crippen molar-refractivity contribution in [1.29, 1.82) is 0 Å². The van der Waals surface area contributed by atoms with Crippen LogP contribution in [0.5, 0.6) is 0 Å². The van der Waals surface area contributed by atoms with Gasteiger partial charge in [-0.15, -0.1) is 0 Å². The van der Waals surface area contributed by atoms with E-state index < -0.39 is 0 Å². The number of Topliss-reactive ketones (excluding diaryl/α,β-unsaturated/α-hetero) is 1. The molecule has 0 saturated carbocycles. The van der Waals surface area contributed by atoms with Gasteiger partial charge in [0.25, 0.3) is 0 Å². The van der Waals surface area contributed by atoms with Crippen molar-refractivity contribution in [3.05, 3.63) is 23.1 Å². The minimum atomic E-state index is -0.0442. The highest BCUT2D eigenvalue weighted by molar-refractivity contribution is 6.29. The van der Waals surface area contributed by atoms with E-state index in [0.717, 1.165) is 0 Å². The van der Waals surface area contributed by atoms with Crippen molar-refractivity contribution in [2.75, 3.05) is 0 Å². The number of furan rings is 1. The van der Waals surface area contributed by atoms with Crippen molar-refractivity contribution in [1.82, 2.24) is 0 Å². The predicted molar refractivity (Wildman–Crippen MR) is 42.9 cm³/mol. The molecule has 1 heterocycles. The fourth-order valence-electron chi connectivity index (χ4n) is 0.731. The first-order valence-electron chi connectivity index (χ1n) is 3.41. The smallest absolute Gasteiger partial charge is 0.200 e. The quantitative estimate of drug-likeness (QED) is 0.643. The molecular weight excluding hydrogens is 164 g/mol. The zero-order valence-electron chi connectivity index (χ0n) is 6.43. The first-order chi connectivity index (χ1) is 5.11. The Morgan fingerprint density at radius 2 is 2.18 bits per heavy atom. The molecule has 1 aromatic rings. The van der Waals surface area contributed by atoms with E-state index in [4.69, 9.17) is 16.0 Å². The summed E-state index contributed by atoms with van der Waals surface area (Å²) in [6.45, 7) is 3.64. The Kier molecular flexibility index (Phi) is 2.35. The molecule has 0 aliphatic rings. The number of carbonyl (C=O) groups is 1. The minimum absolute atomic E-state index is 0.0168. The van der Waals surface area contributed by atoms with Crippen LogP contribution >= 0.6 is 11.6 Å². The van der Waals surface area contributed by atoms with E-state index in [0.29, 0.717) is 5.76 Å². The van der Waals surface area contributed by atoms with E-state index in [1.54, 1.807) is 12.1 Å². The summed E-state index contributed by atoms with van der Waals surface area (Å²) in [4.78, 5) is 11.2. The second-order valence-electron chi connectivity index (χ2n) is 2.62. The van der Waals surface area contributed by atoms with Crippen molar-refractivity contribution in [3.8, 4) is 0 Å². The molecule has 0 unspecified atom stereocenters. The van der Waals surface area contributed by atoms with Gasteiger partial charge in [0.05, 0.1) is 0 Å². The summed E-state index contributed by atoms with van der Waals surface area (Å²) in [5.41, 5.74) is 0. The number of rotatable bonds is 2. The molecule has 3 heteroatoms. The maximum atomic E-state index is 11.2. The van der Waals surface area contributed by atoms with Crippen LogP contribution in [0.1, 0.15) is 24.4 Å². The Hall–Kier alpha value is -0.760. The molecule has 0 radical (unpaired) electrons. The van der Waals surface area contributed by atoms with Crippen LogP contribution in [0.4, 0.5) is 0 Å². The molecule has 0 fully saturated rings. The molecule has 0 aliphatic heterocycles. The van der Waals surface area contributed by atoms with E-state index in [-0.39, 0.29) is 16.9 Å². The highest BCUT2D eigenvalue weighted by Crippen LogP contribution is 2.16. The zero-order chi connectivity index (χ0) is 8.43. The lowest BCUT2D eigenvalue weighted by atomic mass is 10.1. The molecule has 0 bridgehead atoms. The molecule has 0 atom stereocenters. The van der Waals surface area contributed by atoms with Gasteiger partial charge in [0.2, 0.25) is 5.78 Å². The van der Waals surface area contributed by atoms with E-state index in [9.17, 15) is 4.79 Å². The third kappa shape index (κ3) is 1.84. The molecule has 0 saturated heterocycles. The summed E-state index contributed by atoms with van der Waals surface area (Å²) in [5.74, 6) is 0.277. The summed E-state index contributed by atoms with van der Waals surface area (Å²) in [5, 5.41) is 0.258. The minimum Gasteiger partial charge on any atom is -0.442 e. The third-order valence-corrected chi connectivity index (χ3v) is 1.54. The standard InChI is InChI=1S/C8H9ClO2/c1-5(2)8(10)6-3-4-7(9)11-6/h3-5H,1-2H3. The third-order valence-electron chi connectivity index (χ3n) is 1.34. The summed E-state index contributed by atoms with van der Waals surface area (Å²) >= 11 is 5.49. The van der Waals surface area contributed by atoms with Gasteiger partial charge in [-0.05, 0) is 23.7 Å². The van der Waals surface area contributed by atoms with E-state index in [2.05, 4.69) is 0 Å². The van der Waals surface area contributed by atoms with Crippen LogP contribution in [0.3, 0.4) is 0 Å². The van der Waals surface area contributed by atoms with Crippen molar-refractivity contribution < 1.29 is 9.21 Å². The molecule has 0 N–H and O–H groups in total. The fraction of sp³-hybridized carbons (Fsp3) is 0.375. The lowest BCUT2D eigenvalue weighted by molar-refractivity contribution is 0.0911. The first kappa shape index (κ1) is 8.34. The van der Waals surface area contributed by atoms with Gasteiger partial charge in [-0.1, -0.05) is 13.8 Å². The van der Waals surface area contributed by atoms with Crippen molar-refractivity contribution in [2.24, 2.45) is 5.92 Å².